The predicted molar refractivity (Wildman–Crippen MR) is 102 cm³/mol. The van der Waals surface area contributed by atoms with Crippen LogP contribution in [-0.2, 0) is 21.5 Å². The summed E-state index contributed by atoms with van der Waals surface area (Å²) in [6.45, 7) is 0.404. The Bertz CT molecular complexity index is 1140. The van der Waals surface area contributed by atoms with E-state index in [1.165, 1.54) is 12.1 Å². The molecule has 8 heteroatoms. The number of fused-ring (bicyclic) bond motifs is 4. The summed E-state index contributed by atoms with van der Waals surface area (Å²) in [4.78, 5) is 25.5. The summed E-state index contributed by atoms with van der Waals surface area (Å²) in [5.41, 5.74) is 1.31. The van der Waals surface area contributed by atoms with Crippen LogP contribution in [0.3, 0.4) is 0 Å². The highest BCUT2D eigenvalue weighted by molar-refractivity contribution is 6.30. The summed E-state index contributed by atoms with van der Waals surface area (Å²) >= 11 is 5.93. The van der Waals surface area contributed by atoms with Crippen LogP contribution in [0.15, 0.2) is 48.7 Å². The minimum Gasteiger partial charge on any atom is -0.325 e. The molecule has 2 N–H and O–H groups in total. The van der Waals surface area contributed by atoms with Crippen LogP contribution in [0.2, 0.25) is 5.02 Å². The van der Waals surface area contributed by atoms with Crippen LogP contribution in [0.1, 0.15) is 23.1 Å². The SMILES string of the molecule is O=C1C[C@@]2(C(=O)Nc3cc(F)ccc32)c2cnn(Cc3ccc(Cl)cc3)c2N1. The number of nitrogens with zero attached hydrogens (tertiary/aromatic N) is 2. The Hall–Kier alpha value is -3.19. The van der Waals surface area contributed by atoms with Crippen molar-refractivity contribution in [2.24, 2.45) is 0 Å². The van der Waals surface area contributed by atoms with Crippen LogP contribution in [0.25, 0.3) is 0 Å². The molecule has 6 nitrogen and oxygen atoms in total. The normalized spacial score (nSPS) is 19.9. The molecule has 0 radical (unpaired) electrons. The van der Waals surface area contributed by atoms with Gasteiger partial charge in [-0.2, -0.15) is 5.10 Å². The Labute approximate surface area is 164 Å². The van der Waals surface area contributed by atoms with E-state index in [0.29, 0.717) is 34.2 Å². The van der Waals surface area contributed by atoms with E-state index in [1.54, 1.807) is 29.1 Å². The molecule has 1 aromatic heterocycles. The Kier molecular flexibility index (Phi) is 3.57. The average Bonchev–Trinajstić information content (AvgIpc) is 3.17. The average molecular weight is 397 g/mol. The largest absolute Gasteiger partial charge is 0.325 e. The number of aromatic nitrogens is 2. The first kappa shape index (κ1) is 16.9. The van der Waals surface area contributed by atoms with Crippen molar-refractivity contribution in [3.63, 3.8) is 0 Å². The summed E-state index contributed by atoms with van der Waals surface area (Å²) in [6.07, 6.45) is 1.54. The Balaban J connectivity index is 1.64. The molecule has 2 aliphatic heterocycles. The molecule has 28 heavy (non-hydrogen) atoms. The minimum absolute atomic E-state index is 0.0584. The van der Waals surface area contributed by atoms with Crippen molar-refractivity contribution in [2.45, 2.75) is 18.4 Å². The number of carbonyl (C=O) groups excluding carboxylic acids is 2. The zero-order chi connectivity index (χ0) is 19.5. The molecule has 0 bridgehead atoms. The summed E-state index contributed by atoms with van der Waals surface area (Å²) in [7, 11) is 0. The monoisotopic (exact) mass is 396 g/mol. The van der Waals surface area contributed by atoms with Gasteiger partial charge in [-0.3, -0.25) is 9.59 Å². The Morgan fingerprint density at radius 3 is 2.68 bits per heavy atom. The summed E-state index contributed by atoms with van der Waals surface area (Å²) in [5, 5.41) is 10.6. The van der Waals surface area contributed by atoms with E-state index in [4.69, 9.17) is 11.6 Å². The van der Waals surface area contributed by atoms with Crippen molar-refractivity contribution < 1.29 is 14.0 Å². The van der Waals surface area contributed by atoms with E-state index in [2.05, 4.69) is 15.7 Å². The standard InChI is InChI=1S/C20H14ClFN4O2/c21-12-3-1-11(2-4-12)10-26-18-15(9-23-26)20(8-17(27)25-18)14-6-5-13(22)7-16(14)24-19(20)28/h1-7,9H,8,10H2,(H,24,28)(H,25,27)/t20-/m0/s1. The lowest BCUT2D eigenvalue weighted by Crippen LogP contribution is -2.43. The van der Waals surface area contributed by atoms with Crippen molar-refractivity contribution >= 4 is 34.9 Å². The van der Waals surface area contributed by atoms with Crippen molar-refractivity contribution in [1.29, 1.82) is 0 Å². The van der Waals surface area contributed by atoms with Crippen LogP contribution in [0.4, 0.5) is 15.9 Å². The number of halogens is 2. The van der Waals surface area contributed by atoms with E-state index in [0.717, 1.165) is 5.56 Å². The Morgan fingerprint density at radius 2 is 1.89 bits per heavy atom. The fourth-order valence-corrected chi connectivity index (χ4v) is 4.14. The molecule has 0 unspecified atom stereocenters. The molecule has 140 valence electrons. The van der Waals surface area contributed by atoms with Gasteiger partial charge in [0.25, 0.3) is 0 Å². The van der Waals surface area contributed by atoms with Crippen LogP contribution in [0.5, 0.6) is 0 Å². The van der Waals surface area contributed by atoms with Crippen molar-refractivity contribution in [3.8, 4) is 0 Å². The summed E-state index contributed by atoms with van der Waals surface area (Å²) in [5.74, 6) is -0.624. The lowest BCUT2D eigenvalue weighted by atomic mass is 9.72. The summed E-state index contributed by atoms with van der Waals surface area (Å²) < 4.78 is 15.3. The van der Waals surface area contributed by atoms with Gasteiger partial charge in [0.1, 0.15) is 17.1 Å². The Morgan fingerprint density at radius 1 is 1.11 bits per heavy atom. The number of benzene rings is 2. The molecule has 0 fully saturated rings. The smallest absolute Gasteiger partial charge is 0.240 e. The number of amides is 2. The molecular formula is C20H14ClFN4O2. The van der Waals surface area contributed by atoms with Crippen LogP contribution in [0, 0.1) is 5.82 Å². The minimum atomic E-state index is -1.21. The van der Waals surface area contributed by atoms with Gasteiger partial charge in [-0.15, -0.1) is 0 Å². The van der Waals surface area contributed by atoms with Gasteiger partial charge >= 0.3 is 0 Å². The first-order valence-electron chi connectivity index (χ1n) is 8.69. The van der Waals surface area contributed by atoms with Gasteiger partial charge < -0.3 is 10.6 Å². The lowest BCUT2D eigenvalue weighted by molar-refractivity contribution is -0.125. The van der Waals surface area contributed by atoms with Crippen LogP contribution < -0.4 is 10.6 Å². The molecule has 0 saturated carbocycles. The molecule has 2 aromatic carbocycles. The fraction of sp³-hybridized carbons (Fsp3) is 0.150. The zero-order valence-corrected chi connectivity index (χ0v) is 15.3. The van der Waals surface area contributed by atoms with Gasteiger partial charge in [0.2, 0.25) is 11.8 Å². The molecule has 0 aliphatic carbocycles. The van der Waals surface area contributed by atoms with E-state index in [9.17, 15) is 14.0 Å². The van der Waals surface area contributed by atoms with Gasteiger partial charge in [-0.25, -0.2) is 9.07 Å². The summed E-state index contributed by atoms with van der Waals surface area (Å²) in [6, 6.07) is 11.4. The topological polar surface area (TPSA) is 76.0 Å². The third kappa shape index (κ3) is 2.36. The molecule has 5 rings (SSSR count). The molecule has 2 amide bonds. The third-order valence-electron chi connectivity index (χ3n) is 5.31. The van der Waals surface area contributed by atoms with Crippen molar-refractivity contribution in [2.75, 3.05) is 10.6 Å². The molecule has 2 aliphatic rings. The predicted octanol–water partition coefficient (Wildman–Crippen LogP) is 3.30. The van der Waals surface area contributed by atoms with Crippen LogP contribution in [-0.4, -0.2) is 21.6 Å². The molecular weight excluding hydrogens is 383 g/mol. The lowest BCUT2D eigenvalue weighted by Gasteiger charge is -2.31. The van der Waals surface area contributed by atoms with Crippen LogP contribution >= 0.6 is 11.6 Å². The second-order valence-electron chi connectivity index (χ2n) is 6.97. The number of nitrogens with one attached hydrogen (secondary N) is 2. The highest BCUT2D eigenvalue weighted by Gasteiger charge is 2.54. The fourth-order valence-electron chi connectivity index (χ4n) is 4.01. The van der Waals surface area contributed by atoms with Gasteiger partial charge in [-0.05, 0) is 35.4 Å². The molecule has 3 heterocycles. The second-order valence-corrected chi connectivity index (χ2v) is 7.40. The third-order valence-corrected chi connectivity index (χ3v) is 5.56. The van der Waals surface area contributed by atoms with Gasteiger partial charge in [0.05, 0.1) is 12.7 Å². The number of hydrogen-bond donors (Lipinski definition) is 2. The first-order chi connectivity index (χ1) is 13.5. The highest BCUT2D eigenvalue weighted by Crippen LogP contribution is 2.49. The van der Waals surface area contributed by atoms with E-state index < -0.39 is 11.2 Å². The van der Waals surface area contributed by atoms with Gasteiger partial charge in [-0.1, -0.05) is 29.8 Å². The van der Waals surface area contributed by atoms with E-state index in [1.807, 2.05) is 12.1 Å². The molecule has 3 aromatic rings. The maximum Gasteiger partial charge on any atom is 0.240 e. The highest BCUT2D eigenvalue weighted by atomic mass is 35.5. The van der Waals surface area contributed by atoms with Gasteiger partial charge in [0.15, 0.2) is 0 Å². The first-order valence-corrected chi connectivity index (χ1v) is 9.07. The molecule has 0 saturated heterocycles. The second kappa shape index (κ2) is 5.90. The van der Waals surface area contributed by atoms with Crippen molar-refractivity contribution in [1.82, 2.24) is 9.78 Å². The maximum atomic E-state index is 13.6. The number of rotatable bonds is 2. The number of carbonyl (C=O) groups is 2. The zero-order valence-electron chi connectivity index (χ0n) is 14.5. The quantitative estimate of drug-likeness (QED) is 0.697. The molecule has 1 spiro atoms. The number of hydrogen-bond acceptors (Lipinski definition) is 3. The maximum absolute atomic E-state index is 13.6. The molecule has 1 atom stereocenters. The van der Waals surface area contributed by atoms with E-state index in [-0.39, 0.29) is 18.2 Å². The van der Waals surface area contributed by atoms with E-state index >= 15 is 0 Å². The van der Waals surface area contributed by atoms with Crippen molar-refractivity contribution in [3.05, 3.63) is 76.2 Å². The number of anilines is 2. The van der Waals surface area contributed by atoms with Gasteiger partial charge in [0, 0.05) is 22.7 Å².